The number of hydrogen-bond acceptors (Lipinski definition) is 0. The van der Waals surface area contributed by atoms with Crippen LogP contribution in [0, 0.1) is 27.7 Å². The Morgan fingerprint density at radius 2 is 1.08 bits per heavy atom. The minimum absolute atomic E-state index is 0.639. The van der Waals surface area contributed by atoms with Crippen molar-refractivity contribution in [1.82, 2.24) is 0 Å². The first-order valence-electron chi connectivity index (χ1n) is 8.35. The maximum atomic E-state index is 4.90. The Kier molecular flexibility index (Phi) is 18.2. The first kappa shape index (κ1) is 26.4. The molecule has 0 N–H and O–H groups in total. The maximum absolute atomic E-state index is 4.90. The van der Waals surface area contributed by atoms with E-state index < -0.39 is 15.4 Å². The fourth-order valence-corrected chi connectivity index (χ4v) is 2.49. The van der Waals surface area contributed by atoms with E-state index in [2.05, 4.69) is 78.9 Å². The molecule has 0 spiro atoms. The Bertz CT molecular complexity index is 481. The van der Waals surface area contributed by atoms with Gasteiger partial charge in [0.2, 0.25) is 0 Å². The molecule has 24 heavy (non-hydrogen) atoms. The second kappa shape index (κ2) is 16.6. The summed E-state index contributed by atoms with van der Waals surface area (Å²) in [5.41, 5.74) is 8.65. The van der Waals surface area contributed by atoms with Crippen LogP contribution in [0.15, 0.2) is 24.3 Å². The van der Waals surface area contributed by atoms with Crippen LogP contribution in [-0.2, 0) is 28.2 Å². The van der Waals surface area contributed by atoms with E-state index in [0.717, 1.165) is 9.52 Å². The Morgan fingerprint density at radius 1 is 0.833 bits per heavy atom. The average Bonchev–Trinajstić information content (AvgIpc) is 3.01. The number of hydrogen-bond donors (Lipinski definition) is 0. The van der Waals surface area contributed by atoms with Gasteiger partial charge in [-0.15, -0.1) is 0 Å². The molecule has 0 heterocycles. The van der Waals surface area contributed by atoms with Crippen LogP contribution in [0.4, 0.5) is 0 Å². The van der Waals surface area contributed by atoms with E-state index in [9.17, 15) is 0 Å². The van der Waals surface area contributed by atoms with Gasteiger partial charge in [-0.25, -0.2) is 12.1 Å². The predicted octanol–water partition coefficient (Wildman–Crippen LogP) is 7.07. The summed E-state index contributed by atoms with van der Waals surface area (Å²) in [6.07, 6.45) is 2.33. The summed E-state index contributed by atoms with van der Waals surface area (Å²) in [5, 5.41) is 0. The van der Waals surface area contributed by atoms with Crippen molar-refractivity contribution in [3.63, 3.8) is 0 Å². The van der Waals surface area contributed by atoms with Crippen molar-refractivity contribution in [2.24, 2.45) is 0 Å². The summed E-state index contributed by atoms with van der Waals surface area (Å²) in [7, 11) is 10.6. The first-order chi connectivity index (χ1) is 11.3. The molecule has 0 fully saturated rings. The molecule has 0 unspecified atom stereocenters. The van der Waals surface area contributed by atoms with Gasteiger partial charge >= 0.3 is 34.7 Å². The van der Waals surface area contributed by atoms with Crippen molar-refractivity contribution in [2.45, 2.75) is 67.5 Å². The van der Waals surface area contributed by atoms with E-state index in [4.69, 9.17) is 19.3 Å². The molecule has 0 amide bonds. The Balaban J connectivity index is 0. The molecule has 0 aromatic heterocycles. The Labute approximate surface area is 168 Å². The zero-order valence-electron chi connectivity index (χ0n) is 16.4. The van der Waals surface area contributed by atoms with Crippen molar-refractivity contribution in [3.05, 3.63) is 57.6 Å². The first-order valence-corrected chi connectivity index (χ1v) is 17.0. The molecule has 2 aromatic rings. The average molecular weight is 563 g/mol. The molecule has 0 bridgehead atoms. The Morgan fingerprint density at radius 3 is 1.17 bits per heavy atom. The molecule has 0 aliphatic rings. The van der Waals surface area contributed by atoms with Crippen molar-refractivity contribution >= 4 is 28.8 Å². The third-order valence-electron chi connectivity index (χ3n) is 3.47. The van der Waals surface area contributed by atoms with Gasteiger partial charge in [-0.1, -0.05) is 67.5 Å². The quantitative estimate of drug-likeness (QED) is 0.272. The molecular weight excluding hydrogens is 529 g/mol. The standard InChI is InChI=1S/2C9H13.C2H7Si.2ClH.Os/c2*1-4-9-6-7(2)5-8(9)3;1-3-2;;;/h2*5-6H,4H2,1-3H3;3H,1-2H3;2*1H;/q2*-1;;;;+2/p-2. The van der Waals surface area contributed by atoms with Gasteiger partial charge in [0.1, 0.15) is 0 Å². The summed E-state index contributed by atoms with van der Waals surface area (Å²) in [6, 6.07) is 8.99. The van der Waals surface area contributed by atoms with Crippen molar-refractivity contribution in [1.29, 1.82) is 0 Å². The predicted molar refractivity (Wildman–Crippen MR) is 112 cm³/mol. The van der Waals surface area contributed by atoms with Gasteiger partial charge in [0.05, 0.1) is 0 Å². The fourth-order valence-electron chi connectivity index (χ4n) is 2.49. The minimum atomic E-state index is -0.639. The zero-order chi connectivity index (χ0) is 19.1. The summed E-state index contributed by atoms with van der Waals surface area (Å²) < 4.78 is 0. The molecule has 2 aromatic carbocycles. The van der Waals surface area contributed by atoms with Gasteiger partial charge < -0.3 is 0 Å². The van der Waals surface area contributed by atoms with Gasteiger partial charge in [0.15, 0.2) is 0 Å². The van der Waals surface area contributed by atoms with Crippen LogP contribution in [0.2, 0.25) is 13.1 Å². The molecule has 0 aliphatic carbocycles. The molecule has 0 saturated heterocycles. The molecule has 1 radical (unpaired) electrons. The van der Waals surface area contributed by atoms with Gasteiger partial charge in [-0.3, -0.25) is 0 Å². The third-order valence-corrected chi connectivity index (χ3v) is 3.47. The second-order valence-corrected chi connectivity index (χ2v) is 10.6. The number of rotatable bonds is 2. The van der Waals surface area contributed by atoms with E-state index in [0.29, 0.717) is 0 Å². The van der Waals surface area contributed by atoms with Gasteiger partial charge in [0.25, 0.3) is 0 Å². The molecule has 0 nitrogen and oxygen atoms in total. The van der Waals surface area contributed by atoms with E-state index in [1.165, 1.54) is 46.2 Å². The third kappa shape index (κ3) is 12.5. The molecule has 2 rings (SSSR count). The van der Waals surface area contributed by atoms with Crippen LogP contribution < -0.4 is 0 Å². The number of halogens is 2. The van der Waals surface area contributed by atoms with E-state index >= 15 is 0 Å². The summed E-state index contributed by atoms with van der Waals surface area (Å²) in [6.45, 7) is 17.4. The van der Waals surface area contributed by atoms with E-state index in [1.54, 1.807) is 0 Å². The molecule has 0 atom stereocenters. The van der Waals surface area contributed by atoms with Crippen LogP contribution >= 0.6 is 19.3 Å². The van der Waals surface area contributed by atoms with E-state index in [-0.39, 0.29) is 0 Å². The summed E-state index contributed by atoms with van der Waals surface area (Å²) in [5.74, 6) is 0. The van der Waals surface area contributed by atoms with Crippen LogP contribution in [0.1, 0.15) is 47.2 Å². The van der Waals surface area contributed by atoms with Gasteiger partial charge in [0, 0.05) is 9.52 Å². The second-order valence-electron chi connectivity index (χ2n) is 5.82. The molecule has 141 valence electrons. The van der Waals surface area contributed by atoms with Crippen molar-refractivity contribution < 1.29 is 15.4 Å². The molecule has 4 heteroatoms. The number of aryl methyl sites for hydroxylation is 6. The topological polar surface area (TPSA) is 0 Å². The van der Waals surface area contributed by atoms with Gasteiger partial charge in [-0.05, 0) is 0 Å². The van der Waals surface area contributed by atoms with Crippen molar-refractivity contribution in [2.75, 3.05) is 0 Å². The fraction of sp³-hybridized carbons (Fsp3) is 0.500. The van der Waals surface area contributed by atoms with Crippen molar-refractivity contribution in [3.8, 4) is 0 Å². The molecular formula is C20H33Cl2OsSi-2. The van der Waals surface area contributed by atoms with Gasteiger partial charge in [-0.2, -0.15) is 45.5 Å². The van der Waals surface area contributed by atoms with Crippen LogP contribution in [0.3, 0.4) is 0 Å². The monoisotopic (exact) mass is 563 g/mol. The van der Waals surface area contributed by atoms with E-state index in [1.807, 2.05) is 0 Å². The van der Waals surface area contributed by atoms with Crippen LogP contribution in [0.5, 0.6) is 0 Å². The molecule has 0 aliphatic heterocycles. The molecule has 0 saturated carbocycles. The van der Waals surface area contributed by atoms with Crippen LogP contribution in [-0.4, -0.2) is 9.52 Å². The Hall–Kier alpha value is 0.133. The normalized spacial score (nSPS) is 9.25. The SMILES string of the molecule is CCc1[cH-]c(C)cc1C.CCc1[cH-]c(C)cc1C.C[SiH]C.[Cl][Os][Cl]. The summed E-state index contributed by atoms with van der Waals surface area (Å²) >= 11 is -0.639. The van der Waals surface area contributed by atoms with Crippen LogP contribution in [0.25, 0.3) is 0 Å². The zero-order valence-corrected chi connectivity index (χ0v) is 21.6. The summed E-state index contributed by atoms with van der Waals surface area (Å²) in [4.78, 5) is 0.